The Morgan fingerprint density at radius 3 is 2.85 bits per heavy atom. The van der Waals surface area contributed by atoms with E-state index in [1.165, 1.54) is 18.3 Å². The highest BCUT2D eigenvalue weighted by Crippen LogP contribution is 2.33. The van der Waals surface area contributed by atoms with Crippen molar-refractivity contribution >= 4 is 23.5 Å². The molecular weight excluding hydrogens is 370 g/mol. The van der Waals surface area contributed by atoms with Gasteiger partial charge in [-0.3, -0.25) is 10.1 Å². The minimum absolute atomic E-state index is 0.135. The molecule has 0 saturated carbocycles. The average molecular weight is 382 g/mol. The van der Waals surface area contributed by atoms with Crippen molar-refractivity contribution in [2.75, 3.05) is 0 Å². The molecular formula is C19H12ClN3O4. The van der Waals surface area contributed by atoms with Gasteiger partial charge in [-0.15, -0.1) is 0 Å². The third kappa shape index (κ3) is 4.32. The molecule has 0 fully saturated rings. The zero-order valence-corrected chi connectivity index (χ0v) is 14.6. The topological polar surface area (TPSA) is 102 Å². The molecule has 1 heterocycles. The first kappa shape index (κ1) is 18.2. The summed E-state index contributed by atoms with van der Waals surface area (Å²) in [5, 5.41) is 24.3. The van der Waals surface area contributed by atoms with Crippen LogP contribution in [0, 0.1) is 21.4 Å². The number of halogens is 1. The van der Waals surface area contributed by atoms with Crippen molar-refractivity contribution in [2.45, 2.75) is 6.61 Å². The van der Waals surface area contributed by atoms with Crippen LogP contribution in [-0.4, -0.2) is 11.1 Å². The van der Waals surface area contributed by atoms with Crippen molar-refractivity contribution < 1.29 is 14.2 Å². The molecule has 7 nitrogen and oxygen atoms in total. The van der Waals surface area contributed by atoms with Gasteiger partial charge >= 0.3 is 0 Å². The summed E-state index contributed by atoms with van der Waals surface area (Å²) >= 11 is 5.82. The van der Waals surface area contributed by atoms with Crippen molar-refractivity contribution in [1.82, 2.24) is 0 Å². The lowest BCUT2D eigenvalue weighted by Gasteiger charge is -2.01. The number of rotatable bonds is 6. The van der Waals surface area contributed by atoms with Gasteiger partial charge in [0, 0.05) is 16.7 Å². The van der Waals surface area contributed by atoms with E-state index in [1.54, 1.807) is 42.5 Å². The molecule has 0 unspecified atom stereocenters. The Balaban J connectivity index is 1.71. The number of oxime groups is 1. The second kappa shape index (κ2) is 8.17. The van der Waals surface area contributed by atoms with E-state index in [4.69, 9.17) is 26.1 Å². The van der Waals surface area contributed by atoms with E-state index < -0.39 is 4.92 Å². The lowest BCUT2D eigenvalue weighted by molar-refractivity contribution is -0.384. The summed E-state index contributed by atoms with van der Waals surface area (Å²) in [6, 6.07) is 16.7. The normalized spacial score (nSPS) is 10.7. The van der Waals surface area contributed by atoms with Gasteiger partial charge in [-0.2, -0.15) is 5.26 Å². The molecule has 1 aromatic heterocycles. The van der Waals surface area contributed by atoms with E-state index >= 15 is 0 Å². The molecule has 8 heteroatoms. The van der Waals surface area contributed by atoms with Gasteiger partial charge in [0.15, 0.2) is 0 Å². The maximum atomic E-state index is 11.2. The van der Waals surface area contributed by atoms with E-state index in [0.29, 0.717) is 28.2 Å². The SMILES string of the molecule is N#Cc1ccccc1CO/N=C\c1ccc(-c2ccc(Cl)cc2[N+](=O)[O-])o1. The Morgan fingerprint density at radius 1 is 1.26 bits per heavy atom. The van der Waals surface area contributed by atoms with Crippen molar-refractivity contribution in [3.63, 3.8) is 0 Å². The van der Waals surface area contributed by atoms with Crippen molar-refractivity contribution in [1.29, 1.82) is 5.26 Å². The predicted molar refractivity (Wildman–Crippen MR) is 99.3 cm³/mol. The molecule has 27 heavy (non-hydrogen) atoms. The van der Waals surface area contributed by atoms with Crippen LogP contribution in [-0.2, 0) is 11.4 Å². The zero-order chi connectivity index (χ0) is 19.2. The van der Waals surface area contributed by atoms with Crippen LogP contribution in [0.3, 0.4) is 0 Å². The fraction of sp³-hybridized carbons (Fsp3) is 0.0526. The Morgan fingerprint density at radius 2 is 2.07 bits per heavy atom. The summed E-state index contributed by atoms with van der Waals surface area (Å²) in [7, 11) is 0. The van der Waals surface area contributed by atoms with Gasteiger partial charge in [0.2, 0.25) is 0 Å². The number of furan rings is 1. The van der Waals surface area contributed by atoms with E-state index in [-0.39, 0.29) is 17.3 Å². The second-order valence-electron chi connectivity index (χ2n) is 5.40. The number of benzene rings is 2. The van der Waals surface area contributed by atoms with Crippen molar-refractivity contribution in [3.05, 3.63) is 86.6 Å². The molecule has 0 aliphatic rings. The largest absolute Gasteiger partial charge is 0.455 e. The molecule has 0 bridgehead atoms. The summed E-state index contributed by atoms with van der Waals surface area (Å²) in [5.74, 6) is 0.678. The molecule has 0 saturated heterocycles. The van der Waals surface area contributed by atoms with Crippen LogP contribution in [0.5, 0.6) is 0 Å². The van der Waals surface area contributed by atoms with Crippen LogP contribution in [0.15, 0.2) is 64.2 Å². The molecule has 0 radical (unpaired) electrons. The summed E-state index contributed by atoms with van der Waals surface area (Å²) in [6.45, 7) is 0.135. The van der Waals surface area contributed by atoms with Crippen LogP contribution in [0.25, 0.3) is 11.3 Å². The summed E-state index contributed by atoms with van der Waals surface area (Å²) < 4.78 is 5.57. The molecule has 0 aliphatic carbocycles. The number of nitro benzene ring substituents is 1. The fourth-order valence-electron chi connectivity index (χ4n) is 2.38. The Hall–Kier alpha value is -3.63. The number of hydrogen-bond acceptors (Lipinski definition) is 6. The van der Waals surface area contributed by atoms with Gasteiger partial charge in [-0.1, -0.05) is 35.0 Å². The minimum Gasteiger partial charge on any atom is -0.455 e. The summed E-state index contributed by atoms with van der Waals surface area (Å²) in [4.78, 5) is 15.9. The first-order valence-electron chi connectivity index (χ1n) is 7.76. The number of nitrogens with zero attached hydrogens (tertiary/aromatic N) is 3. The molecule has 0 N–H and O–H groups in total. The van der Waals surface area contributed by atoms with Gasteiger partial charge in [-0.05, 0) is 30.3 Å². The Labute approximate surface area is 159 Å². The molecule has 0 aliphatic heterocycles. The Kier molecular flexibility index (Phi) is 5.50. The van der Waals surface area contributed by atoms with Gasteiger partial charge in [0.1, 0.15) is 24.3 Å². The van der Waals surface area contributed by atoms with Crippen LogP contribution < -0.4 is 0 Å². The molecule has 2 aromatic carbocycles. The lowest BCUT2D eigenvalue weighted by Crippen LogP contribution is -1.92. The fourth-order valence-corrected chi connectivity index (χ4v) is 2.55. The molecule has 0 spiro atoms. The molecule has 0 amide bonds. The Bertz CT molecular complexity index is 1050. The predicted octanol–water partition coefficient (Wildman–Crippen LogP) is 4.93. The molecule has 3 aromatic rings. The first-order valence-corrected chi connectivity index (χ1v) is 8.14. The van der Waals surface area contributed by atoms with E-state index in [1.807, 2.05) is 0 Å². The van der Waals surface area contributed by atoms with E-state index in [2.05, 4.69) is 11.2 Å². The smallest absolute Gasteiger partial charge is 0.281 e. The van der Waals surface area contributed by atoms with Crippen molar-refractivity contribution in [3.8, 4) is 17.4 Å². The monoisotopic (exact) mass is 381 g/mol. The molecule has 0 atom stereocenters. The molecule has 3 rings (SSSR count). The van der Waals surface area contributed by atoms with Crippen LogP contribution >= 0.6 is 11.6 Å². The first-order chi connectivity index (χ1) is 13.1. The van der Waals surface area contributed by atoms with Gasteiger partial charge in [0.25, 0.3) is 5.69 Å². The lowest BCUT2D eigenvalue weighted by atomic mass is 10.1. The van der Waals surface area contributed by atoms with Crippen LogP contribution in [0.4, 0.5) is 5.69 Å². The van der Waals surface area contributed by atoms with Crippen molar-refractivity contribution in [2.24, 2.45) is 5.16 Å². The number of nitriles is 1. The second-order valence-corrected chi connectivity index (χ2v) is 5.83. The maximum Gasteiger partial charge on any atom is 0.281 e. The van der Waals surface area contributed by atoms with E-state index in [9.17, 15) is 10.1 Å². The van der Waals surface area contributed by atoms with Crippen LogP contribution in [0.2, 0.25) is 5.02 Å². The van der Waals surface area contributed by atoms with Crippen LogP contribution in [0.1, 0.15) is 16.9 Å². The number of nitro groups is 1. The summed E-state index contributed by atoms with van der Waals surface area (Å²) in [5.41, 5.74) is 1.40. The van der Waals surface area contributed by atoms with Gasteiger partial charge < -0.3 is 9.25 Å². The summed E-state index contributed by atoms with van der Waals surface area (Å²) in [6.07, 6.45) is 1.35. The highest BCUT2D eigenvalue weighted by atomic mass is 35.5. The zero-order valence-electron chi connectivity index (χ0n) is 13.8. The van der Waals surface area contributed by atoms with Gasteiger partial charge in [0.05, 0.1) is 22.1 Å². The average Bonchev–Trinajstić information content (AvgIpc) is 3.14. The van der Waals surface area contributed by atoms with Gasteiger partial charge in [-0.25, -0.2) is 0 Å². The van der Waals surface area contributed by atoms with E-state index in [0.717, 1.165) is 0 Å². The quantitative estimate of drug-likeness (QED) is 0.342. The highest BCUT2D eigenvalue weighted by molar-refractivity contribution is 6.30. The standard InChI is InChI=1S/C19H12ClN3O4/c20-15-5-7-17(18(9-15)23(24)25)19-8-6-16(27-19)11-22-26-12-14-4-2-1-3-13(14)10-21/h1-9,11H,12H2/b22-11-. The third-order valence-electron chi connectivity index (χ3n) is 3.66. The maximum absolute atomic E-state index is 11.2. The highest BCUT2D eigenvalue weighted by Gasteiger charge is 2.18. The molecule has 134 valence electrons. The third-order valence-corrected chi connectivity index (χ3v) is 3.90. The minimum atomic E-state index is -0.521. The number of hydrogen-bond donors (Lipinski definition) is 0.